The average Bonchev–Trinajstić information content (AvgIpc) is 2.92. The molecular formula is C19H20BrN3O3S. The zero-order valence-corrected chi connectivity index (χ0v) is 17.1. The van der Waals surface area contributed by atoms with Gasteiger partial charge in [-0.1, -0.05) is 12.8 Å². The number of benzene rings is 1. The second-order valence-corrected chi connectivity index (χ2v) is 7.49. The van der Waals surface area contributed by atoms with Crippen molar-refractivity contribution in [2.75, 3.05) is 18.4 Å². The number of anilines is 1. The highest BCUT2D eigenvalue weighted by Crippen LogP contribution is 2.16. The van der Waals surface area contributed by atoms with E-state index in [1.807, 2.05) is 4.90 Å². The molecule has 1 aromatic carbocycles. The molecule has 2 heterocycles. The molecule has 0 aliphatic carbocycles. The van der Waals surface area contributed by atoms with Crippen molar-refractivity contribution in [2.45, 2.75) is 25.7 Å². The van der Waals surface area contributed by atoms with Crippen molar-refractivity contribution in [3.8, 4) is 0 Å². The van der Waals surface area contributed by atoms with E-state index >= 15 is 0 Å². The summed E-state index contributed by atoms with van der Waals surface area (Å²) in [6, 6.07) is 10.3. The Hall–Kier alpha value is -2.19. The van der Waals surface area contributed by atoms with E-state index < -0.39 is 5.91 Å². The maximum Gasteiger partial charge on any atom is 0.293 e. The lowest BCUT2D eigenvalue weighted by molar-refractivity contribution is 0.0761. The van der Waals surface area contributed by atoms with Gasteiger partial charge in [-0.2, -0.15) is 0 Å². The molecule has 1 aromatic heterocycles. The number of rotatable bonds is 3. The third-order valence-electron chi connectivity index (χ3n) is 4.31. The normalized spacial score (nSPS) is 14.3. The van der Waals surface area contributed by atoms with Crippen LogP contribution in [0.5, 0.6) is 0 Å². The van der Waals surface area contributed by atoms with Crippen molar-refractivity contribution in [1.29, 1.82) is 0 Å². The lowest BCUT2D eigenvalue weighted by atomic mass is 10.1. The number of thiocarbonyl (C=S) groups is 1. The second-order valence-electron chi connectivity index (χ2n) is 6.30. The summed E-state index contributed by atoms with van der Waals surface area (Å²) in [7, 11) is 0. The summed E-state index contributed by atoms with van der Waals surface area (Å²) in [5.74, 6) is -0.224. The average molecular weight is 450 g/mol. The SMILES string of the molecule is O=C(NC(=S)Nc1ccc(C(=O)N2CCCCCC2)cc1)c1ccc(Br)o1. The van der Waals surface area contributed by atoms with Crippen LogP contribution in [-0.4, -0.2) is 34.9 Å². The van der Waals surface area contributed by atoms with E-state index in [4.69, 9.17) is 16.6 Å². The van der Waals surface area contributed by atoms with Crippen LogP contribution in [0.3, 0.4) is 0 Å². The van der Waals surface area contributed by atoms with Gasteiger partial charge in [-0.3, -0.25) is 14.9 Å². The van der Waals surface area contributed by atoms with E-state index in [-0.39, 0.29) is 16.8 Å². The minimum atomic E-state index is -0.439. The summed E-state index contributed by atoms with van der Waals surface area (Å²) < 4.78 is 5.65. The van der Waals surface area contributed by atoms with Gasteiger partial charge in [0, 0.05) is 24.3 Å². The molecule has 1 aliphatic heterocycles. The summed E-state index contributed by atoms with van der Waals surface area (Å²) in [6.07, 6.45) is 4.49. The molecule has 2 amide bonds. The van der Waals surface area contributed by atoms with Crippen molar-refractivity contribution in [1.82, 2.24) is 10.2 Å². The van der Waals surface area contributed by atoms with Gasteiger partial charge in [-0.25, -0.2) is 0 Å². The van der Waals surface area contributed by atoms with Crippen LogP contribution in [0.15, 0.2) is 45.5 Å². The third kappa shape index (κ3) is 5.40. The Morgan fingerprint density at radius 2 is 1.67 bits per heavy atom. The topological polar surface area (TPSA) is 74.6 Å². The van der Waals surface area contributed by atoms with Gasteiger partial charge in [0.1, 0.15) is 0 Å². The van der Waals surface area contributed by atoms with Crippen LogP contribution >= 0.6 is 28.1 Å². The van der Waals surface area contributed by atoms with Crippen LogP contribution in [0, 0.1) is 0 Å². The highest BCUT2D eigenvalue weighted by atomic mass is 79.9. The lowest BCUT2D eigenvalue weighted by Crippen LogP contribution is -2.34. The number of amides is 2. The monoisotopic (exact) mass is 449 g/mol. The molecule has 3 rings (SSSR count). The number of carbonyl (C=O) groups excluding carboxylic acids is 2. The smallest absolute Gasteiger partial charge is 0.293 e. The minimum absolute atomic E-state index is 0.0581. The number of halogens is 1. The first-order chi connectivity index (χ1) is 13.0. The molecule has 1 aliphatic rings. The Balaban J connectivity index is 1.56. The number of hydrogen-bond donors (Lipinski definition) is 2. The zero-order chi connectivity index (χ0) is 19.2. The van der Waals surface area contributed by atoms with Gasteiger partial charge >= 0.3 is 0 Å². The summed E-state index contributed by atoms with van der Waals surface area (Å²) in [4.78, 5) is 26.5. The van der Waals surface area contributed by atoms with Crippen molar-refractivity contribution in [3.63, 3.8) is 0 Å². The van der Waals surface area contributed by atoms with Crippen LogP contribution in [0.1, 0.15) is 46.6 Å². The number of nitrogens with zero attached hydrogens (tertiary/aromatic N) is 1. The van der Waals surface area contributed by atoms with Gasteiger partial charge in [0.2, 0.25) is 0 Å². The third-order valence-corrected chi connectivity index (χ3v) is 4.94. The number of furan rings is 1. The molecule has 1 saturated heterocycles. The molecule has 142 valence electrons. The van der Waals surface area contributed by atoms with Crippen LogP contribution in [0.25, 0.3) is 0 Å². The predicted octanol–water partition coefficient (Wildman–Crippen LogP) is 4.19. The minimum Gasteiger partial charge on any atom is -0.444 e. The fraction of sp³-hybridized carbons (Fsp3) is 0.316. The fourth-order valence-electron chi connectivity index (χ4n) is 2.92. The molecule has 2 aromatic rings. The Labute approximate surface area is 171 Å². The summed E-state index contributed by atoms with van der Waals surface area (Å²) in [5.41, 5.74) is 1.34. The fourth-order valence-corrected chi connectivity index (χ4v) is 3.43. The molecule has 1 fully saturated rings. The summed E-state index contributed by atoms with van der Waals surface area (Å²) in [5, 5.41) is 5.62. The first-order valence-electron chi connectivity index (χ1n) is 8.80. The van der Waals surface area contributed by atoms with Crippen LogP contribution in [0.2, 0.25) is 0 Å². The van der Waals surface area contributed by atoms with Gasteiger partial charge in [-0.15, -0.1) is 0 Å². The second kappa shape index (κ2) is 9.14. The van der Waals surface area contributed by atoms with Crippen molar-refractivity contribution in [3.05, 3.63) is 52.4 Å². The van der Waals surface area contributed by atoms with E-state index in [0.717, 1.165) is 25.9 Å². The first-order valence-corrected chi connectivity index (χ1v) is 10.00. The molecule has 6 nitrogen and oxygen atoms in total. The Morgan fingerprint density at radius 3 is 2.26 bits per heavy atom. The molecule has 0 unspecified atom stereocenters. The largest absolute Gasteiger partial charge is 0.444 e. The maximum atomic E-state index is 12.6. The molecule has 0 spiro atoms. The number of hydrogen-bond acceptors (Lipinski definition) is 4. The van der Waals surface area contributed by atoms with Gasteiger partial charge in [0.25, 0.3) is 11.8 Å². The van der Waals surface area contributed by atoms with Crippen LogP contribution in [-0.2, 0) is 0 Å². The van der Waals surface area contributed by atoms with Crippen molar-refractivity contribution >= 4 is 50.8 Å². The van der Waals surface area contributed by atoms with Crippen molar-refractivity contribution < 1.29 is 14.0 Å². The molecule has 0 radical (unpaired) electrons. The molecule has 0 atom stereocenters. The molecule has 8 heteroatoms. The van der Waals surface area contributed by atoms with E-state index in [0.29, 0.717) is 15.9 Å². The number of carbonyl (C=O) groups is 2. The predicted molar refractivity (Wildman–Crippen MR) is 111 cm³/mol. The number of likely N-dealkylation sites (tertiary alicyclic amines) is 1. The standard InChI is InChI=1S/C19H20BrN3O3S/c20-16-10-9-15(26-16)17(24)22-19(27)21-14-7-5-13(6-8-14)18(25)23-11-3-1-2-4-12-23/h5-10H,1-4,11-12H2,(H2,21,22,24,27). The molecule has 0 saturated carbocycles. The van der Waals surface area contributed by atoms with E-state index in [1.165, 1.54) is 12.8 Å². The molecule has 0 bridgehead atoms. The van der Waals surface area contributed by atoms with E-state index in [1.54, 1.807) is 36.4 Å². The highest BCUT2D eigenvalue weighted by molar-refractivity contribution is 9.10. The Bertz CT molecular complexity index is 827. The molecular weight excluding hydrogens is 430 g/mol. The Morgan fingerprint density at radius 1 is 1.00 bits per heavy atom. The first kappa shape index (κ1) is 19.6. The van der Waals surface area contributed by atoms with Gasteiger partial charge < -0.3 is 14.6 Å². The van der Waals surface area contributed by atoms with Gasteiger partial charge in [-0.05, 0) is 77.4 Å². The lowest BCUT2D eigenvalue weighted by Gasteiger charge is -2.20. The van der Waals surface area contributed by atoms with Gasteiger partial charge in [0.15, 0.2) is 15.5 Å². The molecule has 2 N–H and O–H groups in total. The quantitative estimate of drug-likeness (QED) is 0.687. The van der Waals surface area contributed by atoms with Gasteiger partial charge in [0.05, 0.1) is 0 Å². The maximum absolute atomic E-state index is 12.6. The number of nitrogens with one attached hydrogen (secondary N) is 2. The summed E-state index contributed by atoms with van der Waals surface area (Å²) >= 11 is 8.30. The van der Waals surface area contributed by atoms with Crippen molar-refractivity contribution in [2.24, 2.45) is 0 Å². The zero-order valence-electron chi connectivity index (χ0n) is 14.7. The van der Waals surface area contributed by atoms with Crippen LogP contribution < -0.4 is 10.6 Å². The van der Waals surface area contributed by atoms with E-state index in [2.05, 4.69) is 26.6 Å². The summed E-state index contributed by atoms with van der Waals surface area (Å²) in [6.45, 7) is 1.63. The molecule has 27 heavy (non-hydrogen) atoms. The highest BCUT2D eigenvalue weighted by Gasteiger charge is 2.17. The van der Waals surface area contributed by atoms with E-state index in [9.17, 15) is 9.59 Å². The van der Waals surface area contributed by atoms with Crippen LogP contribution in [0.4, 0.5) is 5.69 Å². The Kier molecular flexibility index (Phi) is 6.63.